The minimum Gasteiger partial charge on any atom is -0.598 e. The fourth-order valence-corrected chi connectivity index (χ4v) is 2.18. The average Bonchev–Trinajstić information content (AvgIpc) is 2.24. The summed E-state index contributed by atoms with van der Waals surface area (Å²) in [5, 5.41) is 0. The largest absolute Gasteiger partial charge is 0.598 e. The number of hydrogen-bond donors (Lipinski definition) is 1. The van der Waals surface area contributed by atoms with Crippen LogP contribution in [0.4, 0.5) is 4.39 Å². The molecule has 5 heteroatoms. The smallest absolute Gasteiger partial charge is 0.213 e. The van der Waals surface area contributed by atoms with Gasteiger partial charge in [-0.05, 0) is 39.3 Å². The molecule has 1 aromatic rings. The Morgan fingerprint density at radius 3 is 2.59 bits per heavy atom. The first-order chi connectivity index (χ1) is 7.84. The second kappa shape index (κ2) is 5.80. The van der Waals surface area contributed by atoms with E-state index in [4.69, 9.17) is 0 Å². The molecule has 2 atom stereocenters. The fourth-order valence-electron chi connectivity index (χ4n) is 1.28. The molecule has 3 nitrogen and oxygen atoms in total. The zero-order valence-corrected chi connectivity index (χ0v) is 11.5. The zero-order valence-electron chi connectivity index (χ0n) is 10.7. The van der Waals surface area contributed by atoms with Crippen molar-refractivity contribution in [2.75, 3.05) is 0 Å². The van der Waals surface area contributed by atoms with Crippen LogP contribution >= 0.6 is 0 Å². The molecule has 1 unspecified atom stereocenters. The molecule has 1 heterocycles. The van der Waals surface area contributed by atoms with Gasteiger partial charge in [0.15, 0.2) is 0 Å². The summed E-state index contributed by atoms with van der Waals surface area (Å²) in [5.74, 6) is -0.510. The summed E-state index contributed by atoms with van der Waals surface area (Å²) in [6.07, 6.45) is 0.707. The second-order valence-electron chi connectivity index (χ2n) is 4.84. The van der Waals surface area contributed by atoms with Gasteiger partial charge < -0.3 is 4.55 Å². The van der Waals surface area contributed by atoms with E-state index in [0.29, 0.717) is 12.1 Å². The van der Waals surface area contributed by atoms with Gasteiger partial charge in [0, 0.05) is 11.4 Å². The maximum atomic E-state index is 13.0. The van der Waals surface area contributed by atoms with Gasteiger partial charge in [-0.25, -0.2) is 4.98 Å². The van der Waals surface area contributed by atoms with Crippen LogP contribution in [0, 0.1) is 5.95 Å². The average molecular weight is 258 g/mol. The van der Waals surface area contributed by atoms with Gasteiger partial charge in [-0.1, -0.05) is 13.0 Å². The van der Waals surface area contributed by atoms with Crippen LogP contribution in [-0.4, -0.2) is 14.3 Å². The molecule has 0 saturated carbocycles. The van der Waals surface area contributed by atoms with Crippen LogP contribution in [0.25, 0.3) is 0 Å². The lowest BCUT2D eigenvalue weighted by Crippen LogP contribution is -2.41. The van der Waals surface area contributed by atoms with E-state index in [1.165, 1.54) is 6.07 Å². The molecular weight excluding hydrogens is 239 g/mol. The maximum absolute atomic E-state index is 13.0. The van der Waals surface area contributed by atoms with Crippen molar-refractivity contribution in [3.8, 4) is 0 Å². The maximum Gasteiger partial charge on any atom is 0.213 e. The minimum absolute atomic E-state index is 0.189. The Labute approximate surface area is 105 Å². The summed E-state index contributed by atoms with van der Waals surface area (Å²) in [6, 6.07) is 4.47. The van der Waals surface area contributed by atoms with Crippen molar-refractivity contribution >= 4 is 11.4 Å². The lowest BCUT2D eigenvalue weighted by atomic mass is 10.1. The predicted octanol–water partition coefficient (Wildman–Crippen LogP) is 2.72. The highest BCUT2D eigenvalue weighted by Gasteiger charge is 2.29. The van der Waals surface area contributed by atoms with E-state index in [-0.39, 0.29) is 10.8 Å². The monoisotopic (exact) mass is 258 g/mol. The van der Waals surface area contributed by atoms with Crippen LogP contribution in [0.2, 0.25) is 0 Å². The first-order valence-electron chi connectivity index (χ1n) is 5.65. The standard InChI is InChI=1S/C12H19FN2OS/c1-5-9(15-17(16)12(2,3)4)10-7-6-8-11(13)14-10/h6-9,15H,5H2,1-4H3/t9?,17-/m1/s1. The third-order valence-electron chi connectivity index (χ3n) is 2.31. The molecule has 0 amide bonds. The number of rotatable bonds is 4. The lowest BCUT2D eigenvalue weighted by molar-refractivity contribution is 0.506. The van der Waals surface area contributed by atoms with Crippen molar-refractivity contribution < 1.29 is 8.94 Å². The predicted molar refractivity (Wildman–Crippen MR) is 68.3 cm³/mol. The third kappa shape index (κ3) is 4.26. The fraction of sp³-hybridized carbons (Fsp3) is 0.583. The molecule has 0 bridgehead atoms. The number of nitrogens with one attached hydrogen (secondary N) is 1. The van der Waals surface area contributed by atoms with Crippen LogP contribution in [-0.2, 0) is 11.4 Å². The number of aromatic nitrogens is 1. The third-order valence-corrected chi connectivity index (χ3v) is 3.92. The molecule has 0 aliphatic heterocycles. The molecule has 17 heavy (non-hydrogen) atoms. The topological polar surface area (TPSA) is 48.0 Å². The van der Waals surface area contributed by atoms with Crippen LogP contribution in [0.3, 0.4) is 0 Å². The van der Waals surface area contributed by atoms with E-state index in [9.17, 15) is 8.94 Å². The molecule has 0 radical (unpaired) electrons. The molecule has 0 fully saturated rings. The van der Waals surface area contributed by atoms with E-state index in [1.54, 1.807) is 12.1 Å². The molecule has 1 N–H and O–H groups in total. The van der Waals surface area contributed by atoms with Crippen LogP contribution in [0.1, 0.15) is 45.9 Å². The highest BCUT2D eigenvalue weighted by Crippen LogP contribution is 2.21. The first kappa shape index (κ1) is 14.4. The summed E-state index contributed by atoms with van der Waals surface area (Å²) in [4.78, 5) is 3.82. The van der Waals surface area contributed by atoms with E-state index in [0.717, 1.165) is 0 Å². The number of nitrogens with zero attached hydrogens (tertiary/aromatic N) is 1. The first-order valence-corrected chi connectivity index (χ1v) is 6.80. The second-order valence-corrected chi connectivity index (χ2v) is 6.84. The molecule has 1 rings (SSSR count). The Hall–Kier alpha value is -0.650. The van der Waals surface area contributed by atoms with Gasteiger partial charge >= 0.3 is 0 Å². The van der Waals surface area contributed by atoms with Crippen molar-refractivity contribution in [1.82, 2.24) is 9.71 Å². The van der Waals surface area contributed by atoms with Gasteiger partial charge in [-0.15, -0.1) is 4.72 Å². The summed E-state index contributed by atoms with van der Waals surface area (Å²) in [7, 11) is 0. The Morgan fingerprint density at radius 1 is 1.47 bits per heavy atom. The summed E-state index contributed by atoms with van der Waals surface area (Å²) in [5.41, 5.74) is 0.588. The molecule has 0 aromatic carbocycles. The highest BCUT2D eigenvalue weighted by molar-refractivity contribution is 7.90. The van der Waals surface area contributed by atoms with Crippen molar-refractivity contribution in [3.63, 3.8) is 0 Å². The van der Waals surface area contributed by atoms with E-state index in [1.807, 2.05) is 27.7 Å². The van der Waals surface area contributed by atoms with Crippen LogP contribution in [0.15, 0.2) is 18.2 Å². The van der Waals surface area contributed by atoms with Crippen molar-refractivity contribution in [3.05, 3.63) is 29.8 Å². The summed E-state index contributed by atoms with van der Waals surface area (Å²) >= 11 is -1.19. The Balaban J connectivity index is 2.79. The molecular formula is C12H19FN2OS. The molecule has 0 saturated heterocycles. The SMILES string of the molecule is CCC(N[S@+]([O-])C(C)(C)C)c1cccc(F)n1. The zero-order chi connectivity index (χ0) is 13.1. The van der Waals surface area contributed by atoms with Crippen molar-refractivity contribution in [2.45, 2.75) is 44.9 Å². The normalized spacial score (nSPS) is 15.6. The van der Waals surface area contributed by atoms with E-state index >= 15 is 0 Å². The summed E-state index contributed by atoms with van der Waals surface area (Å²) in [6.45, 7) is 7.62. The molecule has 0 spiro atoms. The van der Waals surface area contributed by atoms with Crippen LogP contribution < -0.4 is 4.72 Å². The van der Waals surface area contributed by atoms with E-state index < -0.39 is 17.3 Å². The highest BCUT2D eigenvalue weighted by atomic mass is 32.2. The van der Waals surface area contributed by atoms with Crippen molar-refractivity contribution in [1.29, 1.82) is 0 Å². The van der Waals surface area contributed by atoms with Crippen molar-refractivity contribution in [2.24, 2.45) is 0 Å². The van der Waals surface area contributed by atoms with Gasteiger partial charge in [-0.2, -0.15) is 4.39 Å². The lowest BCUT2D eigenvalue weighted by Gasteiger charge is -2.27. The molecule has 0 aliphatic carbocycles. The number of halogens is 1. The Kier molecular flexibility index (Phi) is 4.91. The Bertz CT molecular complexity index is 368. The molecule has 1 aromatic heterocycles. The Morgan fingerprint density at radius 2 is 2.12 bits per heavy atom. The number of pyridine rings is 1. The van der Waals surface area contributed by atoms with E-state index in [2.05, 4.69) is 9.71 Å². The number of hydrogen-bond acceptors (Lipinski definition) is 3. The molecule has 0 aliphatic rings. The van der Waals surface area contributed by atoms with Gasteiger partial charge in [0.2, 0.25) is 5.95 Å². The van der Waals surface area contributed by atoms with Gasteiger partial charge in [0.25, 0.3) is 0 Å². The molecule has 96 valence electrons. The van der Waals surface area contributed by atoms with Gasteiger partial charge in [0.1, 0.15) is 4.75 Å². The quantitative estimate of drug-likeness (QED) is 0.667. The van der Waals surface area contributed by atoms with Gasteiger partial charge in [0.05, 0.1) is 11.7 Å². The van der Waals surface area contributed by atoms with Crippen LogP contribution in [0.5, 0.6) is 0 Å². The summed E-state index contributed by atoms with van der Waals surface area (Å²) < 4.78 is 27.6. The minimum atomic E-state index is -1.19. The van der Waals surface area contributed by atoms with Gasteiger partial charge in [-0.3, -0.25) is 0 Å².